The molecule has 2 aromatic heterocycles. The summed E-state index contributed by atoms with van der Waals surface area (Å²) in [5.74, 6) is -0.878. The summed E-state index contributed by atoms with van der Waals surface area (Å²) >= 11 is 3.24. The predicted octanol–water partition coefficient (Wildman–Crippen LogP) is 7.04. The molecule has 1 N–H and O–H groups in total. The standard InChI is InChI=1S/C30H25N3O3S2.ClH/c1-36-30(35)21-12-6-5-11-20(21)27(34)32-29-26(28-31-23-13-7-8-14-24(23)37-28)22-15-16-33(18-25(22)38-29)17-19-9-3-2-4-10-19;/h2-14H,15-18H2,1H3,(H,32,34);1H. The fourth-order valence-electron chi connectivity index (χ4n) is 4.87. The number of aromatic nitrogens is 1. The smallest absolute Gasteiger partial charge is 0.338 e. The minimum Gasteiger partial charge on any atom is -0.465 e. The highest BCUT2D eigenvalue weighted by Gasteiger charge is 2.28. The molecule has 0 unspecified atom stereocenters. The number of fused-ring (bicyclic) bond motifs is 2. The van der Waals surface area contributed by atoms with Gasteiger partial charge in [-0.3, -0.25) is 9.69 Å². The third-order valence-corrected chi connectivity index (χ3v) is 8.88. The second-order valence-electron chi connectivity index (χ2n) is 9.13. The number of amides is 1. The maximum atomic E-state index is 13.5. The summed E-state index contributed by atoms with van der Waals surface area (Å²) in [6.45, 7) is 2.61. The van der Waals surface area contributed by atoms with Gasteiger partial charge >= 0.3 is 5.97 Å². The number of para-hydroxylation sites is 1. The van der Waals surface area contributed by atoms with Crippen molar-refractivity contribution in [2.45, 2.75) is 19.5 Å². The van der Waals surface area contributed by atoms with E-state index in [4.69, 9.17) is 9.72 Å². The van der Waals surface area contributed by atoms with Gasteiger partial charge in [-0.05, 0) is 41.8 Å². The molecule has 6 rings (SSSR count). The van der Waals surface area contributed by atoms with Crippen LogP contribution in [0.3, 0.4) is 0 Å². The Balaban J connectivity index is 0.00000308. The van der Waals surface area contributed by atoms with Gasteiger partial charge in [0.05, 0.1) is 28.5 Å². The molecule has 0 radical (unpaired) electrons. The van der Waals surface area contributed by atoms with Gasteiger partial charge < -0.3 is 10.1 Å². The second kappa shape index (κ2) is 11.7. The van der Waals surface area contributed by atoms with E-state index in [1.54, 1.807) is 46.9 Å². The van der Waals surface area contributed by atoms with Crippen molar-refractivity contribution >= 4 is 62.2 Å². The lowest BCUT2D eigenvalue weighted by molar-refractivity contribution is 0.0597. The first kappa shape index (κ1) is 27.0. The first-order chi connectivity index (χ1) is 18.6. The van der Waals surface area contributed by atoms with Gasteiger partial charge in [0.25, 0.3) is 5.91 Å². The summed E-state index contributed by atoms with van der Waals surface area (Å²) in [7, 11) is 1.32. The zero-order valence-corrected chi connectivity index (χ0v) is 23.6. The molecule has 0 saturated heterocycles. The van der Waals surface area contributed by atoms with E-state index in [1.807, 2.05) is 24.3 Å². The quantitative estimate of drug-likeness (QED) is 0.220. The molecule has 0 aliphatic carbocycles. The average Bonchev–Trinajstić information content (AvgIpc) is 3.53. The molecule has 0 atom stereocenters. The number of carbonyl (C=O) groups is 2. The first-order valence-corrected chi connectivity index (χ1v) is 14.0. The molecule has 39 heavy (non-hydrogen) atoms. The van der Waals surface area contributed by atoms with E-state index in [9.17, 15) is 9.59 Å². The number of halogens is 1. The van der Waals surface area contributed by atoms with Crippen LogP contribution in [0.2, 0.25) is 0 Å². The summed E-state index contributed by atoms with van der Waals surface area (Å²) in [5, 5.41) is 4.79. The molecule has 198 valence electrons. The maximum absolute atomic E-state index is 13.5. The number of nitrogens with one attached hydrogen (secondary N) is 1. The average molecular weight is 576 g/mol. The Morgan fingerprint density at radius 1 is 0.949 bits per heavy atom. The third kappa shape index (κ3) is 5.46. The van der Waals surface area contributed by atoms with Crippen LogP contribution in [-0.4, -0.2) is 35.4 Å². The molecule has 0 saturated carbocycles. The molecule has 1 aliphatic rings. The first-order valence-electron chi connectivity index (χ1n) is 12.4. The van der Waals surface area contributed by atoms with Gasteiger partial charge in [-0.25, -0.2) is 9.78 Å². The lowest BCUT2D eigenvalue weighted by Crippen LogP contribution is -2.29. The van der Waals surface area contributed by atoms with Crippen LogP contribution in [0.5, 0.6) is 0 Å². The number of nitrogens with zero attached hydrogens (tertiary/aromatic N) is 2. The molecule has 0 fully saturated rings. The number of benzene rings is 3. The van der Waals surface area contributed by atoms with Gasteiger partial charge in [-0.2, -0.15) is 0 Å². The monoisotopic (exact) mass is 575 g/mol. The highest BCUT2D eigenvalue weighted by molar-refractivity contribution is 7.23. The Hall–Kier alpha value is -3.56. The zero-order valence-electron chi connectivity index (χ0n) is 21.2. The molecular formula is C30H26ClN3O3S2. The normalized spacial score (nSPS) is 12.9. The molecule has 1 aliphatic heterocycles. The van der Waals surface area contributed by atoms with Crippen LogP contribution in [0.4, 0.5) is 5.00 Å². The molecule has 6 nitrogen and oxygen atoms in total. The van der Waals surface area contributed by atoms with Crippen molar-refractivity contribution in [2.75, 3.05) is 19.0 Å². The van der Waals surface area contributed by atoms with Gasteiger partial charge in [0.2, 0.25) is 0 Å². The predicted molar refractivity (Wildman–Crippen MR) is 160 cm³/mol. The number of carbonyl (C=O) groups excluding carboxylic acids is 2. The van der Waals surface area contributed by atoms with Crippen LogP contribution in [0, 0.1) is 0 Å². The molecule has 1 amide bonds. The van der Waals surface area contributed by atoms with E-state index < -0.39 is 5.97 Å². The minimum atomic E-state index is -0.538. The number of ether oxygens (including phenoxy) is 1. The molecule has 9 heteroatoms. The lowest BCUT2D eigenvalue weighted by Gasteiger charge is -2.27. The van der Waals surface area contributed by atoms with Gasteiger partial charge in [-0.15, -0.1) is 35.1 Å². The van der Waals surface area contributed by atoms with Crippen molar-refractivity contribution in [1.29, 1.82) is 0 Å². The Morgan fingerprint density at radius 2 is 1.67 bits per heavy atom. The maximum Gasteiger partial charge on any atom is 0.338 e. The van der Waals surface area contributed by atoms with Crippen LogP contribution in [0.1, 0.15) is 36.7 Å². The molecule has 3 heterocycles. The number of rotatable bonds is 6. The Bertz CT molecular complexity index is 1620. The van der Waals surface area contributed by atoms with Crippen molar-refractivity contribution in [2.24, 2.45) is 0 Å². The highest BCUT2D eigenvalue weighted by Crippen LogP contribution is 2.46. The minimum absolute atomic E-state index is 0. The third-order valence-electron chi connectivity index (χ3n) is 6.70. The largest absolute Gasteiger partial charge is 0.465 e. The molecule has 0 bridgehead atoms. The van der Waals surface area contributed by atoms with E-state index in [-0.39, 0.29) is 29.4 Å². The molecular weight excluding hydrogens is 550 g/mol. The van der Waals surface area contributed by atoms with Crippen molar-refractivity contribution in [1.82, 2.24) is 9.88 Å². The summed E-state index contributed by atoms with van der Waals surface area (Å²) < 4.78 is 6.01. The number of hydrogen-bond donors (Lipinski definition) is 1. The van der Waals surface area contributed by atoms with Gasteiger partial charge in [-0.1, -0.05) is 54.6 Å². The fourth-order valence-corrected chi connectivity index (χ4v) is 7.26. The summed E-state index contributed by atoms with van der Waals surface area (Å²) in [4.78, 5) is 34.4. The summed E-state index contributed by atoms with van der Waals surface area (Å²) in [5.41, 5.74) is 4.99. The van der Waals surface area contributed by atoms with Gasteiger partial charge in [0, 0.05) is 30.1 Å². The van der Waals surface area contributed by atoms with Crippen LogP contribution in [0.15, 0.2) is 78.9 Å². The number of anilines is 1. The number of hydrogen-bond acceptors (Lipinski definition) is 7. The Morgan fingerprint density at radius 3 is 2.44 bits per heavy atom. The summed E-state index contributed by atoms with van der Waals surface area (Å²) in [6, 6.07) is 25.3. The second-order valence-corrected chi connectivity index (χ2v) is 11.3. The van der Waals surface area contributed by atoms with Gasteiger partial charge in [0.1, 0.15) is 10.0 Å². The number of methoxy groups -OCH3 is 1. The SMILES string of the molecule is COC(=O)c1ccccc1C(=O)Nc1sc2c(c1-c1nc3ccccc3s1)CCN(Cc1ccccc1)C2.Cl. The number of thiazole rings is 1. The van der Waals surface area contributed by atoms with E-state index in [0.29, 0.717) is 0 Å². The zero-order chi connectivity index (χ0) is 26.1. The molecule has 5 aromatic rings. The molecule has 0 spiro atoms. The van der Waals surface area contributed by atoms with Crippen LogP contribution >= 0.6 is 35.1 Å². The van der Waals surface area contributed by atoms with Crippen LogP contribution < -0.4 is 5.32 Å². The van der Waals surface area contributed by atoms with E-state index >= 15 is 0 Å². The number of thiophene rings is 1. The van der Waals surface area contributed by atoms with Crippen molar-refractivity contribution in [3.8, 4) is 10.6 Å². The fraction of sp³-hybridized carbons (Fsp3) is 0.167. The Labute approximate surface area is 240 Å². The summed E-state index contributed by atoms with van der Waals surface area (Å²) in [6.07, 6.45) is 0.874. The van der Waals surface area contributed by atoms with Gasteiger partial charge in [0.15, 0.2) is 0 Å². The molecule has 3 aromatic carbocycles. The van der Waals surface area contributed by atoms with E-state index in [1.165, 1.54) is 23.1 Å². The topological polar surface area (TPSA) is 71.5 Å². The number of esters is 1. The van der Waals surface area contributed by atoms with E-state index in [0.717, 1.165) is 51.8 Å². The van der Waals surface area contributed by atoms with Crippen molar-refractivity contribution < 1.29 is 14.3 Å². The van der Waals surface area contributed by atoms with Crippen molar-refractivity contribution in [3.05, 3.63) is 106 Å². The lowest BCUT2D eigenvalue weighted by atomic mass is 10.0. The van der Waals surface area contributed by atoms with Crippen molar-refractivity contribution in [3.63, 3.8) is 0 Å². The highest BCUT2D eigenvalue weighted by atomic mass is 35.5. The van der Waals surface area contributed by atoms with Crippen LogP contribution in [0.25, 0.3) is 20.8 Å². The van der Waals surface area contributed by atoms with E-state index in [2.05, 4.69) is 40.5 Å². The Kier molecular flexibility index (Phi) is 8.09. The van der Waals surface area contributed by atoms with Crippen LogP contribution in [-0.2, 0) is 24.2 Å².